The number of nitro groups is 1. The van der Waals surface area contributed by atoms with Gasteiger partial charge in [0.2, 0.25) is 0 Å². The lowest BCUT2D eigenvalue weighted by molar-refractivity contribution is -0.384. The molecule has 0 unspecified atom stereocenters. The Labute approximate surface area is 209 Å². The number of aromatic nitrogens is 1. The van der Waals surface area contributed by atoms with E-state index in [-0.39, 0.29) is 17.2 Å². The van der Waals surface area contributed by atoms with Gasteiger partial charge < -0.3 is 5.32 Å². The Morgan fingerprint density at radius 1 is 1.06 bits per heavy atom. The van der Waals surface area contributed by atoms with E-state index >= 15 is 0 Å². The first kappa shape index (κ1) is 23.1. The van der Waals surface area contributed by atoms with Gasteiger partial charge in [-0.05, 0) is 36.3 Å². The molecule has 8 nitrogen and oxygen atoms in total. The van der Waals surface area contributed by atoms with Crippen LogP contribution in [-0.4, -0.2) is 15.4 Å². The molecule has 0 fully saturated rings. The van der Waals surface area contributed by atoms with Gasteiger partial charge in [-0.25, -0.2) is 4.99 Å². The van der Waals surface area contributed by atoms with Crippen molar-refractivity contribution < 1.29 is 9.72 Å². The van der Waals surface area contributed by atoms with E-state index in [0.29, 0.717) is 31.9 Å². The Hall–Kier alpha value is -4.63. The maximum atomic E-state index is 13.6. The molecule has 0 aliphatic carbocycles. The standard InChI is InChI=1S/C27H20N4O4S/c1-17-23(25(32)29-20-12-6-3-7-13-20)24(19-10-4-2-5-11-19)30-26(33)22(36-27(30)28-17)16-18-9-8-14-21(15-18)31(34)35/h2-16,24H,1H3,(H,29,32)/b22-16+/t24-/m0/s1. The Balaban J connectivity index is 1.66. The van der Waals surface area contributed by atoms with Crippen molar-refractivity contribution in [2.75, 3.05) is 5.32 Å². The first-order valence-corrected chi connectivity index (χ1v) is 11.9. The van der Waals surface area contributed by atoms with Gasteiger partial charge in [0.25, 0.3) is 17.2 Å². The van der Waals surface area contributed by atoms with E-state index in [0.717, 1.165) is 5.56 Å². The number of para-hydroxylation sites is 1. The van der Waals surface area contributed by atoms with Crippen LogP contribution in [0.1, 0.15) is 24.1 Å². The molecule has 4 aromatic rings. The van der Waals surface area contributed by atoms with E-state index in [1.165, 1.54) is 28.0 Å². The zero-order valence-electron chi connectivity index (χ0n) is 19.1. The molecule has 0 radical (unpaired) electrons. The van der Waals surface area contributed by atoms with Crippen molar-refractivity contribution in [2.24, 2.45) is 4.99 Å². The molecule has 0 bridgehead atoms. The Kier molecular flexibility index (Phi) is 6.14. The number of nitrogens with one attached hydrogen (secondary N) is 1. The minimum Gasteiger partial charge on any atom is -0.322 e. The summed E-state index contributed by atoms with van der Waals surface area (Å²) in [5.74, 6) is -0.343. The van der Waals surface area contributed by atoms with Gasteiger partial charge in [0.1, 0.15) is 0 Å². The molecular formula is C27H20N4O4S. The van der Waals surface area contributed by atoms with Gasteiger partial charge in [-0.15, -0.1) is 0 Å². The molecule has 3 aromatic carbocycles. The minimum absolute atomic E-state index is 0.0607. The van der Waals surface area contributed by atoms with Crippen LogP contribution in [0.25, 0.3) is 6.08 Å². The topological polar surface area (TPSA) is 107 Å². The molecule has 0 saturated carbocycles. The number of nitro benzene ring substituents is 1. The Bertz CT molecular complexity index is 1690. The van der Waals surface area contributed by atoms with Crippen LogP contribution in [0.5, 0.6) is 0 Å². The van der Waals surface area contributed by atoms with E-state index in [4.69, 9.17) is 0 Å². The number of anilines is 1. The summed E-state index contributed by atoms with van der Waals surface area (Å²) in [6.45, 7) is 1.76. The normalized spacial score (nSPS) is 15.2. The molecule has 1 atom stereocenters. The largest absolute Gasteiger partial charge is 0.322 e. The highest BCUT2D eigenvalue weighted by molar-refractivity contribution is 7.07. The number of nitrogens with zero attached hydrogens (tertiary/aromatic N) is 3. The number of fused-ring (bicyclic) bond motifs is 1. The molecule has 1 amide bonds. The number of benzene rings is 3. The predicted octanol–water partition coefficient (Wildman–Crippen LogP) is 3.78. The molecule has 178 valence electrons. The van der Waals surface area contributed by atoms with Gasteiger partial charge in [-0.3, -0.25) is 24.3 Å². The molecule has 0 saturated heterocycles. The molecule has 1 aliphatic heterocycles. The van der Waals surface area contributed by atoms with Crippen LogP contribution in [-0.2, 0) is 4.79 Å². The average Bonchev–Trinajstić information content (AvgIpc) is 3.18. The van der Waals surface area contributed by atoms with Gasteiger partial charge in [-0.2, -0.15) is 0 Å². The molecule has 2 heterocycles. The predicted molar refractivity (Wildman–Crippen MR) is 138 cm³/mol. The van der Waals surface area contributed by atoms with Gasteiger partial charge in [0.15, 0.2) is 4.80 Å². The van der Waals surface area contributed by atoms with Crippen molar-refractivity contribution in [1.82, 2.24) is 4.57 Å². The third kappa shape index (κ3) is 4.39. The molecule has 1 aromatic heterocycles. The van der Waals surface area contributed by atoms with Crippen molar-refractivity contribution in [1.29, 1.82) is 0 Å². The van der Waals surface area contributed by atoms with Crippen molar-refractivity contribution in [3.05, 3.63) is 137 Å². The summed E-state index contributed by atoms with van der Waals surface area (Å²) in [6, 6.07) is 23.8. The number of rotatable bonds is 5. The highest BCUT2D eigenvalue weighted by atomic mass is 32.1. The lowest BCUT2D eigenvalue weighted by atomic mass is 9.95. The summed E-state index contributed by atoms with van der Waals surface area (Å²) in [5.41, 5.74) is 2.44. The van der Waals surface area contributed by atoms with Crippen LogP contribution in [0.2, 0.25) is 0 Å². The third-order valence-corrected chi connectivity index (χ3v) is 6.78. The van der Waals surface area contributed by atoms with Crippen molar-refractivity contribution in [2.45, 2.75) is 13.0 Å². The second-order valence-electron chi connectivity index (χ2n) is 8.16. The number of non-ortho nitro benzene ring substituents is 1. The lowest BCUT2D eigenvalue weighted by Gasteiger charge is -2.25. The number of hydrogen-bond donors (Lipinski definition) is 1. The van der Waals surface area contributed by atoms with Crippen LogP contribution in [0.3, 0.4) is 0 Å². The third-order valence-electron chi connectivity index (χ3n) is 5.79. The summed E-state index contributed by atoms with van der Waals surface area (Å²) in [6.07, 6.45) is 1.61. The minimum atomic E-state index is -0.682. The Morgan fingerprint density at radius 2 is 1.75 bits per heavy atom. The van der Waals surface area contributed by atoms with E-state index in [9.17, 15) is 19.7 Å². The smallest absolute Gasteiger partial charge is 0.271 e. The van der Waals surface area contributed by atoms with Crippen LogP contribution < -0.4 is 20.2 Å². The highest BCUT2D eigenvalue weighted by Gasteiger charge is 2.32. The van der Waals surface area contributed by atoms with Gasteiger partial charge in [-0.1, -0.05) is 72.0 Å². The van der Waals surface area contributed by atoms with Crippen LogP contribution in [0.15, 0.2) is 106 Å². The number of allylic oxidation sites excluding steroid dienone is 1. The van der Waals surface area contributed by atoms with Crippen molar-refractivity contribution in [3.8, 4) is 0 Å². The number of carbonyl (C=O) groups is 1. The van der Waals surface area contributed by atoms with Gasteiger partial charge in [0.05, 0.1) is 26.8 Å². The quantitative estimate of drug-likeness (QED) is 0.335. The summed E-state index contributed by atoms with van der Waals surface area (Å²) in [5, 5.41) is 14.1. The fourth-order valence-electron chi connectivity index (χ4n) is 4.16. The van der Waals surface area contributed by atoms with Crippen LogP contribution >= 0.6 is 11.3 Å². The van der Waals surface area contributed by atoms with Crippen molar-refractivity contribution >= 4 is 34.7 Å². The van der Waals surface area contributed by atoms with Crippen molar-refractivity contribution in [3.63, 3.8) is 0 Å². The van der Waals surface area contributed by atoms with Crippen LogP contribution in [0.4, 0.5) is 11.4 Å². The number of carbonyl (C=O) groups excluding carboxylic acids is 1. The summed E-state index contributed by atoms with van der Waals surface area (Å²) in [7, 11) is 0. The van der Waals surface area contributed by atoms with E-state index < -0.39 is 11.0 Å². The molecule has 0 spiro atoms. The van der Waals surface area contributed by atoms with E-state index in [1.54, 1.807) is 37.3 Å². The number of amides is 1. The van der Waals surface area contributed by atoms with Gasteiger partial charge >= 0.3 is 0 Å². The lowest BCUT2D eigenvalue weighted by Crippen LogP contribution is -2.40. The summed E-state index contributed by atoms with van der Waals surface area (Å²) < 4.78 is 1.89. The van der Waals surface area contributed by atoms with E-state index in [1.807, 2.05) is 48.5 Å². The first-order valence-electron chi connectivity index (χ1n) is 11.1. The SMILES string of the molecule is CC1=C(C(=O)Nc2ccccc2)[C@H](c2ccccc2)n2c(s/c(=C/c3cccc([N+](=O)[O-])c3)c2=O)=N1. The molecule has 9 heteroatoms. The average molecular weight is 497 g/mol. The highest BCUT2D eigenvalue weighted by Crippen LogP contribution is 2.30. The molecule has 1 aliphatic rings. The second kappa shape index (κ2) is 9.55. The molecule has 1 N–H and O–H groups in total. The van der Waals surface area contributed by atoms with E-state index in [2.05, 4.69) is 10.3 Å². The first-order chi connectivity index (χ1) is 17.4. The number of thiazole rings is 1. The second-order valence-corrected chi connectivity index (χ2v) is 9.17. The summed E-state index contributed by atoms with van der Waals surface area (Å²) >= 11 is 1.18. The zero-order valence-corrected chi connectivity index (χ0v) is 19.9. The van der Waals surface area contributed by atoms with Gasteiger partial charge in [0, 0.05) is 17.8 Å². The molecule has 5 rings (SSSR count). The monoisotopic (exact) mass is 496 g/mol. The van der Waals surface area contributed by atoms with Crippen LogP contribution in [0, 0.1) is 10.1 Å². The molecular weight excluding hydrogens is 476 g/mol. The Morgan fingerprint density at radius 3 is 2.44 bits per heavy atom. The maximum absolute atomic E-state index is 13.6. The maximum Gasteiger partial charge on any atom is 0.271 e. The fourth-order valence-corrected chi connectivity index (χ4v) is 5.21. The molecule has 36 heavy (non-hydrogen) atoms. The fraction of sp³-hybridized carbons (Fsp3) is 0.0741. The zero-order chi connectivity index (χ0) is 25.2. The number of hydrogen-bond acceptors (Lipinski definition) is 6. The summed E-state index contributed by atoms with van der Waals surface area (Å²) in [4.78, 5) is 42.9.